The van der Waals surface area contributed by atoms with E-state index in [0.29, 0.717) is 6.04 Å². The fourth-order valence-corrected chi connectivity index (χ4v) is 3.88. The summed E-state index contributed by atoms with van der Waals surface area (Å²) < 4.78 is 1.27. The summed E-state index contributed by atoms with van der Waals surface area (Å²) in [6, 6.07) is 8.87. The minimum Gasteiger partial charge on any atom is -0.309 e. The second-order valence-electron chi connectivity index (χ2n) is 4.40. The van der Waals surface area contributed by atoms with Crippen molar-refractivity contribution in [2.24, 2.45) is 0 Å². The van der Waals surface area contributed by atoms with E-state index in [9.17, 15) is 0 Å². The van der Waals surface area contributed by atoms with Crippen LogP contribution in [0.1, 0.15) is 18.2 Å². The Bertz CT molecular complexity index is 509. The molecule has 1 aromatic carbocycles. The number of hydrogen-bond donors (Lipinski definition) is 1. The van der Waals surface area contributed by atoms with Crippen molar-refractivity contribution in [3.8, 4) is 0 Å². The van der Waals surface area contributed by atoms with Crippen LogP contribution in [0.25, 0.3) is 10.1 Å². The SMILES string of the molecule is CSCCC(C)NCc1sc2ccccc2c1Cl. The monoisotopic (exact) mass is 299 g/mol. The lowest BCUT2D eigenvalue weighted by atomic mass is 10.2. The first-order valence-corrected chi connectivity index (χ1v) is 8.69. The van der Waals surface area contributed by atoms with Gasteiger partial charge < -0.3 is 5.32 Å². The molecule has 0 fully saturated rings. The maximum atomic E-state index is 6.41. The molecule has 1 nitrogen and oxygen atoms in total. The van der Waals surface area contributed by atoms with Crippen molar-refractivity contribution >= 4 is 44.8 Å². The van der Waals surface area contributed by atoms with Crippen molar-refractivity contribution in [3.63, 3.8) is 0 Å². The molecule has 0 bridgehead atoms. The lowest BCUT2D eigenvalue weighted by Crippen LogP contribution is -2.25. The maximum absolute atomic E-state index is 6.41. The third kappa shape index (κ3) is 3.41. The van der Waals surface area contributed by atoms with Gasteiger partial charge in [0.25, 0.3) is 0 Å². The first kappa shape index (κ1) is 14.2. The highest BCUT2D eigenvalue weighted by molar-refractivity contribution is 7.98. The van der Waals surface area contributed by atoms with Gasteiger partial charge in [0.05, 0.1) is 5.02 Å². The highest BCUT2D eigenvalue weighted by atomic mass is 35.5. The molecule has 4 heteroatoms. The van der Waals surface area contributed by atoms with Crippen LogP contribution >= 0.6 is 34.7 Å². The van der Waals surface area contributed by atoms with Crippen molar-refractivity contribution in [1.82, 2.24) is 5.32 Å². The van der Waals surface area contributed by atoms with E-state index in [1.807, 2.05) is 17.8 Å². The fourth-order valence-electron chi connectivity index (χ4n) is 1.84. The highest BCUT2D eigenvalue weighted by Gasteiger charge is 2.10. The highest BCUT2D eigenvalue weighted by Crippen LogP contribution is 2.34. The average Bonchev–Trinajstić information content (AvgIpc) is 2.71. The van der Waals surface area contributed by atoms with E-state index < -0.39 is 0 Å². The van der Waals surface area contributed by atoms with Crippen LogP contribution in [-0.4, -0.2) is 18.1 Å². The van der Waals surface area contributed by atoms with E-state index in [-0.39, 0.29) is 0 Å². The molecule has 0 aliphatic carbocycles. The summed E-state index contributed by atoms with van der Waals surface area (Å²) in [6.07, 6.45) is 3.35. The van der Waals surface area contributed by atoms with Gasteiger partial charge in [0, 0.05) is 27.5 Å². The zero-order valence-corrected chi connectivity index (χ0v) is 13.1. The smallest absolute Gasteiger partial charge is 0.0636 e. The summed E-state index contributed by atoms with van der Waals surface area (Å²) in [7, 11) is 0. The molecule has 0 saturated carbocycles. The Hall–Kier alpha value is -0.220. The van der Waals surface area contributed by atoms with Crippen LogP contribution in [-0.2, 0) is 6.54 Å². The van der Waals surface area contributed by atoms with Crippen molar-refractivity contribution in [1.29, 1.82) is 0 Å². The predicted molar refractivity (Wildman–Crippen MR) is 86.1 cm³/mol. The van der Waals surface area contributed by atoms with Crippen molar-refractivity contribution in [3.05, 3.63) is 34.2 Å². The van der Waals surface area contributed by atoms with Crippen LogP contribution < -0.4 is 5.32 Å². The Balaban J connectivity index is 2.01. The number of thioether (sulfide) groups is 1. The molecular weight excluding hydrogens is 282 g/mol. The van der Waals surface area contributed by atoms with Crippen LogP contribution in [0.2, 0.25) is 5.02 Å². The minimum absolute atomic E-state index is 0.540. The molecule has 1 unspecified atom stereocenters. The number of nitrogens with one attached hydrogen (secondary N) is 1. The molecule has 0 radical (unpaired) electrons. The quantitative estimate of drug-likeness (QED) is 0.823. The van der Waals surface area contributed by atoms with Gasteiger partial charge in [0.1, 0.15) is 0 Å². The summed E-state index contributed by atoms with van der Waals surface area (Å²) in [6.45, 7) is 3.10. The standard InChI is InChI=1S/C14H18ClNS2/c1-10(7-8-17-2)16-9-13-14(15)11-5-3-4-6-12(11)18-13/h3-6,10,16H,7-9H2,1-2H3. The van der Waals surface area contributed by atoms with Crippen LogP contribution in [0.15, 0.2) is 24.3 Å². The summed E-state index contributed by atoms with van der Waals surface area (Å²) in [5, 5.41) is 5.64. The zero-order valence-electron chi connectivity index (χ0n) is 10.7. The lowest BCUT2D eigenvalue weighted by Gasteiger charge is -2.12. The van der Waals surface area contributed by atoms with Crippen LogP contribution in [0, 0.1) is 0 Å². The van der Waals surface area contributed by atoms with Gasteiger partial charge in [-0.3, -0.25) is 0 Å². The van der Waals surface area contributed by atoms with E-state index >= 15 is 0 Å². The van der Waals surface area contributed by atoms with Gasteiger partial charge in [0.15, 0.2) is 0 Å². The van der Waals surface area contributed by atoms with E-state index in [0.717, 1.165) is 11.6 Å². The number of halogens is 1. The molecule has 1 N–H and O–H groups in total. The van der Waals surface area contributed by atoms with Gasteiger partial charge in [0.2, 0.25) is 0 Å². The number of thiophene rings is 1. The van der Waals surface area contributed by atoms with Crippen LogP contribution in [0.4, 0.5) is 0 Å². The molecule has 98 valence electrons. The van der Waals surface area contributed by atoms with E-state index in [4.69, 9.17) is 11.6 Å². The third-order valence-electron chi connectivity index (χ3n) is 2.97. The van der Waals surface area contributed by atoms with Gasteiger partial charge >= 0.3 is 0 Å². The molecule has 0 aliphatic heterocycles. The molecule has 1 aromatic heterocycles. The van der Waals surface area contributed by atoms with E-state index in [1.165, 1.54) is 27.1 Å². The van der Waals surface area contributed by atoms with Crippen molar-refractivity contribution in [2.75, 3.05) is 12.0 Å². The van der Waals surface area contributed by atoms with Gasteiger partial charge in [-0.2, -0.15) is 11.8 Å². The largest absolute Gasteiger partial charge is 0.309 e. The zero-order chi connectivity index (χ0) is 13.0. The van der Waals surface area contributed by atoms with Gasteiger partial charge in [-0.1, -0.05) is 29.8 Å². The molecule has 0 spiro atoms. The first-order chi connectivity index (χ1) is 8.72. The summed E-state index contributed by atoms with van der Waals surface area (Å²) in [4.78, 5) is 1.24. The van der Waals surface area contributed by atoms with Gasteiger partial charge in [-0.15, -0.1) is 11.3 Å². The number of hydrogen-bond acceptors (Lipinski definition) is 3. The van der Waals surface area contributed by atoms with Gasteiger partial charge in [-0.25, -0.2) is 0 Å². The Labute approximate surface area is 122 Å². The molecule has 0 saturated heterocycles. The third-order valence-corrected chi connectivity index (χ3v) is 5.33. The Morgan fingerprint density at radius 3 is 2.89 bits per heavy atom. The summed E-state index contributed by atoms with van der Waals surface area (Å²) in [5.74, 6) is 1.20. The Kier molecular flexibility index (Phi) is 5.37. The first-order valence-electron chi connectivity index (χ1n) is 6.10. The molecule has 1 atom stereocenters. The number of fused-ring (bicyclic) bond motifs is 1. The Morgan fingerprint density at radius 2 is 2.17 bits per heavy atom. The molecule has 18 heavy (non-hydrogen) atoms. The average molecular weight is 300 g/mol. The Morgan fingerprint density at radius 1 is 1.39 bits per heavy atom. The number of rotatable bonds is 6. The molecule has 0 aliphatic rings. The van der Waals surface area contributed by atoms with E-state index in [2.05, 4.69) is 36.7 Å². The molecule has 0 amide bonds. The normalized spacial score (nSPS) is 13.1. The van der Waals surface area contributed by atoms with Crippen molar-refractivity contribution < 1.29 is 0 Å². The minimum atomic E-state index is 0.540. The summed E-state index contributed by atoms with van der Waals surface area (Å²) >= 11 is 10.1. The predicted octanol–water partition coefficient (Wildman–Crippen LogP) is 4.79. The van der Waals surface area contributed by atoms with Crippen molar-refractivity contribution in [2.45, 2.75) is 25.9 Å². The van der Waals surface area contributed by atoms with Gasteiger partial charge in [-0.05, 0) is 31.4 Å². The van der Waals surface area contributed by atoms with E-state index in [1.54, 1.807) is 11.3 Å². The second-order valence-corrected chi connectivity index (χ2v) is 6.90. The second kappa shape index (κ2) is 6.80. The summed E-state index contributed by atoms with van der Waals surface area (Å²) in [5.41, 5.74) is 0. The molecule has 1 heterocycles. The van der Waals surface area contributed by atoms with Crippen LogP contribution in [0.3, 0.4) is 0 Å². The fraction of sp³-hybridized carbons (Fsp3) is 0.429. The topological polar surface area (TPSA) is 12.0 Å². The number of benzene rings is 1. The molecule has 2 rings (SSSR count). The van der Waals surface area contributed by atoms with Crippen LogP contribution in [0.5, 0.6) is 0 Å². The lowest BCUT2D eigenvalue weighted by molar-refractivity contribution is 0.541. The molecule has 2 aromatic rings. The molecular formula is C14H18ClNS2. The maximum Gasteiger partial charge on any atom is 0.0636 e.